The molecule has 17 heavy (non-hydrogen) atoms. The molecule has 1 aromatic rings. The van der Waals surface area contributed by atoms with Crippen LogP contribution < -0.4 is 4.90 Å². The number of benzene rings is 1. The number of aliphatic hydroxyl groups is 1. The van der Waals surface area contributed by atoms with Crippen LogP contribution >= 0.6 is 11.6 Å². The Morgan fingerprint density at radius 1 is 1.41 bits per heavy atom. The molecule has 0 saturated carbocycles. The second-order valence-electron chi connectivity index (χ2n) is 4.69. The van der Waals surface area contributed by atoms with Gasteiger partial charge in [-0.05, 0) is 43.4 Å². The van der Waals surface area contributed by atoms with E-state index in [-0.39, 0.29) is 6.61 Å². The summed E-state index contributed by atoms with van der Waals surface area (Å²) in [6, 6.07) is 6.63. The van der Waals surface area contributed by atoms with Gasteiger partial charge in [0.15, 0.2) is 0 Å². The van der Waals surface area contributed by atoms with E-state index in [0.717, 1.165) is 12.1 Å². The van der Waals surface area contributed by atoms with Crippen LogP contribution in [0.3, 0.4) is 0 Å². The zero-order chi connectivity index (χ0) is 12.3. The third kappa shape index (κ3) is 2.75. The third-order valence-corrected chi connectivity index (χ3v) is 3.99. The molecule has 0 radical (unpaired) electrons. The van der Waals surface area contributed by atoms with Crippen LogP contribution in [0.25, 0.3) is 0 Å². The van der Waals surface area contributed by atoms with Crippen molar-refractivity contribution < 1.29 is 5.11 Å². The van der Waals surface area contributed by atoms with Gasteiger partial charge in [0.05, 0.1) is 6.61 Å². The summed E-state index contributed by atoms with van der Waals surface area (Å²) in [7, 11) is 0. The number of anilines is 1. The van der Waals surface area contributed by atoms with Gasteiger partial charge in [0.1, 0.15) is 0 Å². The van der Waals surface area contributed by atoms with E-state index >= 15 is 0 Å². The highest BCUT2D eigenvalue weighted by atomic mass is 35.5. The molecule has 1 fully saturated rings. The molecular weight excluding hydrogens is 234 g/mol. The molecule has 1 unspecified atom stereocenters. The van der Waals surface area contributed by atoms with E-state index in [2.05, 4.69) is 17.9 Å². The highest BCUT2D eigenvalue weighted by Crippen LogP contribution is 2.29. The first kappa shape index (κ1) is 12.7. The predicted octanol–water partition coefficient (Wildman–Crippen LogP) is 3.60. The Kier molecular flexibility index (Phi) is 4.30. The van der Waals surface area contributed by atoms with Gasteiger partial charge in [0, 0.05) is 23.3 Å². The molecule has 0 amide bonds. The molecule has 1 aromatic carbocycles. The lowest BCUT2D eigenvalue weighted by Gasteiger charge is -2.37. The van der Waals surface area contributed by atoms with Crippen molar-refractivity contribution >= 4 is 17.3 Å². The molecule has 2 rings (SSSR count). The van der Waals surface area contributed by atoms with E-state index in [1.807, 2.05) is 12.1 Å². The summed E-state index contributed by atoms with van der Waals surface area (Å²) in [5.41, 5.74) is 2.00. The fourth-order valence-electron chi connectivity index (χ4n) is 2.61. The third-order valence-electron chi connectivity index (χ3n) is 3.64. The lowest BCUT2D eigenvalue weighted by atomic mass is 9.99. The lowest BCUT2D eigenvalue weighted by Crippen LogP contribution is -2.39. The minimum atomic E-state index is 0.0102. The van der Waals surface area contributed by atoms with E-state index in [1.54, 1.807) is 0 Å². The number of rotatable bonds is 3. The molecule has 0 aromatic heterocycles. The van der Waals surface area contributed by atoms with Gasteiger partial charge < -0.3 is 10.0 Å². The van der Waals surface area contributed by atoms with E-state index in [0.29, 0.717) is 11.1 Å². The first-order chi connectivity index (χ1) is 8.26. The van der Waals surface area contributed by atoms with Crippen LogP contribution in [-0.2, 0) is 6.61 Å². The number of aliphatic hydroxyl groups excluding tert-OH is 1. The van der Waals surface area contributed by atoms with E-state index in [1.165, 1.54) is 31.4 Å². The summed E-state index contributed by atoms with van der Waals surface area (Å²) in [6.45, 7) is 3.37. The van der Waals surface area contributed by atoms with Gasteiger partial charge in [0.25, 0.3) is 0 Å². The SMILES string of the molecule is CCC1CCCCN1c1ccc(CO)c(Cl)c1. The first-order valence-electron chi connectivity index (χ1n) is 6.42. The average molecular weight is 254 g/mol. The fraction of sp³-hybridized carbons (Fsp3) is 0.571. The van der Waals surface area contributed by atoms with Crippen molar-refractivity contribution in [1.82, 2.24) is 0 Å². The summed E-state index contributed by atoms with van der Waals surface area (Å²) >= 11 is 6.15. The quantitative estimate of drug-likeness (QED) is 0.890. The van der Waals surface area contributed by atoms with Crippen LogP contribution in [0, 0.1) is 0 Å². The van der Waals surface area contributed by atoms with Crippen molar-refractivity contribution in [2.45, 2.75) is 45.3 Å². The van der Waals surface area contributed by atoms with Gasteiger partial charge in [-0.3, -0.25) is 0 Å². The van der Waals surface area contributed by atoms with E-state index in [9.17, 15) is 0 Å². The highest BCUT2D eigenvalue weighted by Gasteiger charge is 2.21. The Morgan fingerprint density at radius 3 is 2.88 bits per heavy atom. The molecule has 1 aliphatic heterocycles. The highest BCUT2D eigenvalue weighted by molar-refractivity contribution is 6.31. The topological polar surface area (TPSA) is 23.5 Å². The molecule has 0 aliphatic carbocycles. The maximum absolute atomic E-state index is 9.12. The zero-order valence-electron chi connectivity index (χ0n) is 10.3. The van der Waals surface area contributed by atoms with Gasteiger partial charge in [-0.1, -0.05) is 24.6 Å². The van der Waals surface area contributed by atoms with Crippen LogP contribution in [0.1, 0.15) is 38.2 Å². The molecule has 1 N–H and O–H groups in total. The molecule has 3 heteroatoms. The zero-order valence-corrected chi connectivity index (χ0v) is 11.1. The van der Waals surface area contributed by atoms with Crippen molar-refractivity contribution in [2.24, 2.45) is 0 Å². The number of piperidine rings is 1. The van der Waals surface area contributed by atoms with Crippen LogP contribution in [-0.4, -0.2) is 17.7 Å². The molecule has 1 atom stereocenters. The Labute approximate surface area is 108 Å². The van der Waals surface area contributed by atoms with Gasteiger partial charge in [-0.25, -0.2) is 0 Å². The maximum atomic E-state index is 9.12. The normalized spacial score (nSPS) is 20.6. The number of nitrogens with zero attached hydrogens (tertiary/aromatic N) is 1. The van der Waals surface area contributed by atoms with E-state index in [4.69, 9.17) is 16.7 Å². The van der Waals surface area contributed by atoms with Crippen LogP contribution in [0.4, 0.5) is 5.69 Å². The molecule has 94 valence electrons. The lowest BCUT2D eigenvalue weighted by molar-refractivity contribution is 0.282. The van der Waals surface area contributed by atoms with Gasteiger partial charge in [-0.2, -0.15) is 0 Å². The monoisotopic (exact) mass is 253 g/mol. The standard InChI is InChI=1S/C14H20ClNO/c1-2-12-5-3-4-8-16(12)13-7-6-11(10-17)14(15)9-13/h6-7,9,12,17H,2-5,8,10H2,1H3. The minimum Gasteiger partial charge on any atom is -0.392 e. The Hall–Kier alpha value is -0.730. The Morgan fingerprint density at radius 2 is 2.24 bits per heavy atom. The van der Waals surface area contributed by atoms with Crippen LogP contribution in [0.2, 0.25) is 5.02 Å². The van der Waals surface area contributed by atoms with Crippen molar-refractivity contribution in [1.29, 1.82) is 0 Å². The summed E-state index contributed by atoms with van der Waals surface area (Å²) in [4.78, 5) is 2.45. The van der Waals surface area contributed by atoms with Crippen molar-refractivity contribution in [3.05, 3.63) is 28.8 Å². The van der Waals surface area contributed by atoms with Gasteiger partial charge >= 0.3 is 0 Å². The van der Waals surface area contributed by atoms with Crippen molar-refractivity contribution in [2.75, 3.05) is 11.4 Å². The second kappa shape index (κ2) is 5.74. The summed E-state index contributed by atoms with van der Waals surface area (Å²) in [5, 5.41) is 9.79. The summed E-state index contributed by atoms with van der Waals surface area (Å²) in [6.07, 6.45) is 5.04. The fourth-order valence-corrected chi connectivity index (χ4v) is 2.84. The molecule has 0 spiro atoms. The number of hydrogen-bond donors (Lipinski definition) is 1. The molecule has 1 heterocycles. The Balaban J connectivity index is 2.23. The number of halogens is 1. The van der Waals surface area contributed by atoms with Crippen molar-refractivity contribution in [3.63, 3.8) is 0 Å². The minimum absolute atomic E-state index is 0.0102. The average Bonchev–Trinajstić information content (AvgIpc) is 2.38. The number of hydrogen-bond acceptors (Lipinski definition) is 2. The van der Waals surface area contributed by atoms with E-state index < -0.39 is 0 Å². The predicted molar refractivity (Wildman–Crippen MR) is 72.7 cm³/mol. The molecule has 1 saturated heterocycles. The molecule has 0 bridgehead atoms. The largest absolute Gasteiger partial charge is 0.392 e. The van der Waals surface area contributed by atoms with Crippen molar-refractivity contribution in [3.8, 4) is 0 Å². The Bertz CT molecular complexity index is 380. The molecule has 2 nitrogen and oxygen atoms in total. The molecular formula is C14H20ClNO. The van der Waals surface area contributed by atoms with Gasteiger partial charge in [-0.15, -0.1) is 0 Å². The summed E-state index contributed by atoms with van der Waals surface area (Å²) < 4.78 is 0. The molecule has 1 aliphatic rings. The summed E-state index contributed by atoms with van der Waals surface area (Å²) in [5.74, 6) is 0. The smallest absolute Gasteiger partial charge is 0.0696 e. The van der Waals surface area contributed by atoms with Crippen LogP contribution in [0.5, 0.6) is 0 Å². The second-order valence-corrected chi connectivity index (χ2v) is 5.09. The van der Waals surface area contributed by atoms with Gasteiger partial charge in [0.2, 0.25) is 0 Å². The first-order valence-corrected chi connectivity index (χ1v) is 6.80. The van der Waals surface area contributed by atoms with Crippen LogP contribution in [0.15, 0.2) is 18.2 Å². The maximum Gasteiger partial charge on any atom is 0.0696 e.